The van der Waals surface area contributed by atoms with Crippen LogP contribution in [0.15, 0.2) is 24.3 Å². The van der Waals surface area contributed by atoms with Gasteiger partial charge in [0.2, 0.25) is 0 Å². The second-order valence-electron chi connectivity index (χ2n) is 9.58. The fraction of sp³-hybridized carbons (Fsp3) is 0.320. The van der Waals surface area contributed by atoms with Crippen molar-refractivity contribution in [1.29, 1.82) is 0 Å². The van der Waals surface area contributed by atoms with Crippen molar-refractivity contribution >= 4 is 25.6 Å². The SMILES string of the molecule is C#CC1(OC(C)=O)Cc2c(O)c3c(c(O)c2C([Si](C)(C)C)C1)C(=O)c1ccccc1C3=O. The minimum Gasteiger partial charge on any atom is -0.507 e. The molecular formula is C25H24O6Si. The molecule has 2 aliphatic rings. The first-order valence-electron chi connectivity index (χ1n) is 10.4. The molecule has 164 valence electrons. The van der Waals surface area contributed by atoms with E-state index >= 15 is 0 Å². The first-order chi connectivity index (χ1) is 14.9. The summed E-state index contributed by atoms with van der Waals surface area (Å²) < 4.78 is 5.56. The summed E-state index contributed by atoms with van der Waals surface area (Å²) in [4.78, 5) is 38.4. The van der Waals surface area contributed by atoms with Gasteiger partial charge in [0.15, 0.2) is 17.2 Å². The summed E-state index contributed by atoms with van der Waals surface area (Å²) in [5.41, 5.74) is -0.986. The Hall–Kier alpha value is -3.37. The summed E-state index contributed by atoms with van der Waals surface area (Å²) >= 11 is 0. The van der Waals surface area contributed by atoms with E-state index in [0.717, 1.165) is 0 Å². The summed E-state index contributed by atoms with van der Waals surface area (Å²) in [5.74, 6) is 0.318. The minimum absolute atomic E-state index is 0.0603. The van der Waals surface area contributed by atoms with Crippen molar-refractivity contribution in [2.45, 2.75) is 50.5 Å². The number of carbonyl (C=O) groups is 3. The number of terminal acetylenes is 1. The molecule has 2 aromatic rings. The molecule has 0 spiro atoms. The van der Waals surface area contributed by atoms with Crippen molar-refractivity contribution in [3.05, 3.63) is 57.6 Å². The zero-order chi connectivity index (χ0) is 23.6. The van der Waals surface area contributed by atoms with Crippen molar-refractivity contribution in [3.63, 3.8) is 0 Å². The second kappa shape index (κ2) is 7.07. The topological polar surface area (TPSA) is 101 Å². The van der Waals surface area contributed by atoms with E-state index in [0.29, 0.717) is 5.56 Å². The van der Waals surface area contributed by atoms with E-state index < -0.39 is 31.2 Å². The van der Waals surface area contributed by atoms with Gasteiger partial charge in [-0.15, -0.1) is 6.42 Å². The summed E-state index contributed by atoms with van der Waals surface area (Å²) in [6, 6.07) is 6.34. The zero-order valence-electron chi connectivity index (χ0n) is 18.4. The van der Waals surface area contributed by atoms with E-state index in [9.17, 15) is 24.6 Å². The van der Waals surface area contributed by atoms with Gasteiger partial charge < -0.3 is 14.9 Å². The van der Waals surface area contributed by atoms with E-state index in [1.807, 2.05) is 0 Å². The van der Waals surface area contributed by atoms with Crippen LogP contribution in [0.3, 0.4) is 0 Å². The molecule has 0 bridgehead atoms. The summed E-state index contributed by atoms with van der Waals surface area (Å²) in [5, 5.41) is 22.6. The second-order valence-corrected chi connectivity index (χ2v) is 15.0. The fourth-order valence-electron chi connectivity index (χ4n) is 4.96. The molecule has 6 nitrogen and oxygen atoms in total. The lowest BCUT2D eigenvalue weighted by Gasteiger charge is -2.43. The normalized spacial score (nSPS) is 21.8. The van der Waals surface area contributed by atoms with Gasteiger partial charge in [0, 0.05) is 42.0 Å². The molecule has 0 amide bonds. The molecule has 0 saturated carbocycles. The first kappa shape index (κ1) is 21.8. The Balaban J connectivity index is 2.06. The molecular weight excluding hydrogens is 424 g/mol. The van der Waals surface area contributed by atoms with E-state index in [1.165, 1.54) is 19.1 Å². The number of rotatable bonds is 2. The molecule has 0 saturated heterocycles. The van der Waals surface area contributed by atoms with Crippen LogP contribution in [-0.4, -0.2) is 41.4 Å². The molecule has 2 N–H and O–H groups in total. The minimum atomic E-state index is -2.13. The number of fused-ring (bicyclic) bond motifs is 3. The maximum atomic E-state index is 13.3. The quantitative estimate of drug-likeness (QED) is 0.268. The van der Waals surface area contributed by atoms with Crippen molar-refractivity contribution in [3.8, 4) is 23.8 Å². The number of benzene rings is 2. The molecule has 0 fully saturated rings. The molecule has 0 heterocycles. The van der Waals surface area contributed by atoms with Crippen LogP contribution in [-0.2, 0) is 16.0 Å². The van der Waals surface area contributed by atoms with Crippen LogP contribution >= 0.6 is 0 Å². The van der Waals surface area contributed by atoms with Crippen molar-refractivity contribution in [2.75, 3.05) is 0 Å². The third-order valence-electron chi connectivity index (χ3n) is 6.45. The number of hydrogen-bond donors (Lipinski definition) is 2. The average molecular weight is 449 g/mol. The van der Waals surface area contributed by atoms with E-state index in [-0.39, 0.29) is 57.7 Å². The van der Waals surface area contributed by atoms with Gasteiger partial charge in [-0.3, -0.25) is 14.4 Å². The molecule has 2 aromatic carbocycles. The van der Waals surface area contributed by atoms with E-state index in [4.69, 9.17) is 11.2 Å². The number of carbonyl (C=O) groups excluding carboxylic acids is 3. The highest BCUT2D eigenvalue weighted by atomic mass is 28.3. The highest BCUT2D eigenvalue weighted by Crippen LogP contribution is 2.53. The zero-order valence-corrected chi connectivity index (χ0v) is 19.4. The highest BCUT2D eigenvalue weighted by molar-refractivity contribution is 6.77. The molecule has 0 radical (unpaired) electrons. The lowest BCUT2D eigenvalue weighted by atomic mass is 9.74. The molecule has 0 aromatic heterocycles. The van der Waals surface area contributed by atoms with Crippen LogP contribution in [0.5, 0.6) is 11.5 Å². The Morgan fingerprint density at radius 1 is 1.09 bits per heavy atom. The molecule has 0 aliphatic heterocycles. The van der Waals surface area contributed by atoms with Gasteiger partial charge in [-0.1, -0.05) is 49.8 Å². The molecule has 2 aliphatic carbocycles. The maximum Gasteiger partial charge on any atom is 0.304 e. The van der Waals surface area contributed by atoms with Crippen LogP contribution in [0.25, 0.3) is 0 Å². The smallest absolute Gasteiger partial charge is 0.304 e. The Morgan fingerprint density at radius 3 is 2.09 bits per heavy atom. The standard InChI is InChI=1S/C25H24O6Si/c1-6-25(31-13(2)26)11-16-18(17(12-25)32(3,4)5)24(30)20-19(23(16)29)21(27)14-9-7-8-10-15(14)22(20)28/h1,7-10,17,29-30H,11-12H2,2-5H3. The van der Waals surface area contributed by atoms with Crippen LogP contribution in [0.1, 0.15) is 61.9 Å². The van der Waals surface area contributed by atoms with E-state index in [2.05, 4.69) is 25.6 Å². The number of hydrogen-bond acceptors (Lipinski definition) is 6. The number of phenolic OH excluding ortho intramolecular Hbond substituents is 2. The lowest BCUT2D eigenvalue weighted by molar-refractivity contribution is -0.152. The maximum absolute atomic E-state index is 13.3. The highest BCUT2D eigenvalue weighted by Gasteiger charge is 2.50. The van der Waals surface area contributed by atoms with Crippen molar-refractivity contribution < 1.29 is 29.3 Å². The van der Waals surface area contributed by atoms with Crippen LogP contribution < -0.4 is 0 Å². The van der Waals surface area contributed by atoms with Crippen LogP contribution in [0.4, 0.5) is 0 Å². The predicted molar refractivity (Wildman–Crippen MR) is 121 cm³/mol. The number of ether oxygens (including phenoxy) is 1. The third kappa shape index (κ3) is 3.06. The number of ketones is 2. The Labute approximate surface area is 187 Å². The fourth-order valence-corrected chi connectivity index (χ4v) is 7.08. The van der Waals surface area contributed by atoms with Gasteiger partial charge in [0.05, 0.1) is 19.2 Å². The lowest BCUT2D eigenvalue weighted by Crippen LogP contribution is -2.47. The first-order valence-corrected chi connectivity index (χ1v) is 14.0. The van der Waals surface area contributed by atoms with Gasteiger partial charge in [-0.25, -0.2) is 0 Å². The third-order valence-corrected chi connectivity index (χ3v) is 9.04. The van der Waals surface area contributed by atoms with Gasteiger partial charge >= 0.3 is 5.97 Å². The van der Waals surface area contributed by atoms with Gasteiger partial charge in [-0.2, -0.15) is 0 Å². The molecule has 2 atom stereocenters. The number of aromatic hydroxyl groups is 2. The monoisotopic (exact) mass is 448 g/mol. The largest absolute Gasteiger partial charge is 0.507 e. The van der Waals surface area contributed by atoms with Crippen molar-refractivity contribution in [1.82, 2.24) is 0 Å². The van der Waals surface area contributed by atoms with Crippen LogP contribution in [0.2, 0.25) is 19.6 Å². The average Bonchev–Trinajstić information content (AvgIpc) is 2.73. The Morgan fingerprint density at radius 2 is 1.62 bits per heavy atom. The summed E-state index contributed by atoms with van der Waals surface area (Å²) in [6.07, 6.45) is 6.01. The Kier molecular flexibility index (Phi) is 4.83. The van der Waals surface area contributed by atoms with Crippen molar-refractivity contribution in [2.24, 2.45) is 0 Å². The number of esters is 1. The van der Waals surface area contributed by atoms with Gasteiger partial charge in [0.25, 0.3) is 0 Å². The molecule has 32 heavy (non-hydrogen) atoms. The molecule has 4 rings (SSSR count). The number of phenols is 2. The van der Waals surface area contributed by atoms with E-state index in [1.54, 1.807) is 12.1 Å². The molecule has 7 heteroatoms. The molecule has 2 unspecified atom stereocenters. The van der Waals surface area contributed by atoms with Gasteiger partial charge in [-0.05, 0) is 5.54 Å². The Bertz CT molecular complexity index is 1250. The van der Waals surface area contributed by atoms with Crippen LogP contribution in [0, 0.1) is 12.3 Å². The predicted octanol–water partition coefficient (Wildman–Crippen LogP) is 3.72. The summed E-state index contributed by atoms with van der Waals surface area (Å²) in [7, 11) is -2.13. The van der Waals surface area contributed by atoms with Gasteiger partial charge in [0.1, 0.15) is 11.5 Å². The summed E-state index contributed by atoms with van der Waals surface area (Å²) in [6.45, 7) is 7.47.